The van der Waals surface area contributed by atoms with E-state index in [-0.39, 0.29) is 16.7 Å². The van der Waals surface area contributed by atoms with E-state index in [2.05, 4.69) is 9.97 Å². The van der Waals surface area contributed by atoms with E-state index in [1.54, 1.807) is 31.5 Å². The monoisotopic (exact) mass is 528 g/mol. The van der Waals surface area contributed by atoms with Crippen LogP contribution in [0, 0.1) is 13.8 Å². The number of aryl methyl sites for hydroxylation is 1. The molecule has 2 aromatic carbocycles. The lowest BCUT2D eigenvalue weighted by Gasteiger charge is -2.13. The third-order valence-corrected chi connectivity index (χ3v) is 8.22. The van der Waals surface area contributed by atoms with Gasteiger partial charge in [-0.05, 0) is 62.0 Å². The van der Waals surface area contributed by atoms with Gasteiger partial charge in [-0.15, -0.1) is 0 Å². The Bertz CT molecular complexity index is 1550. The Morgan fingerprint density at radius 2 is 1.75 bits per heavy atom. The number of benzene rings is 2. The largest absolute Gasteiger partial charge is 0.497 e. The van der Waals surface area contributed by atoms with Crippen molar-refractivity contribution in [1.82, 2.24) is 13.9 Å². The highest BCUT2D eigenvalue weighted by atomic mass is 32.2. The fraction of sp³-hybridized carbons (Fsp3) is 0.208. The zero-order valence-corrected chi connectivity index (χ0v) is 21.6. The molecule has 0 atom stereocenters. The molecule has 1 amide bonds. The number of imidazole rings is 1. The number of amides is 1. The molecule has 0 saturated heterocycles. The average molecular weight is 529 g/mol. The van der Waals surface area contributed by atoms with Gasteiger partial charge >= 0.3 is 0 Å². The molecular formula is C24H24N4O6S2. The summed E-state index contributed by atoms with van der Waals surface area (Å²) in [4.78, 5) is 20.0. The number of carbonyl (C=O) groups is 1. The van der Waals surface area contributed by atoms with Gasteiger partial charge in [0.1, 0.15) is 22.3 Å². The topological polar surface area (TPSA) is 136 Å². The summed E-state index contributed by atoms with van der Waals surface area (Å²) in [6, 6.07) is 10.7. The van der Waals surface area contributed by atoms with Crippen LogP contribution in [0.4, 0.5) is 0 Å². The summed E-state index contributed by atoms with van der Waals surface area (Å²) in [5, 5.41) is 0.764. The van der Waals surface area contributed by atoms with E-state index in [0.29, 0.717) is 33.3 Å². The quantitative estimate of drug-likeness (QED) is 0.347. The summed E-state index contributed by atoms with van der Waals surface area (Å²) >= 11 is 1.12. The predicted octanol–water partition coefficient (Wildman–Crippen LogP) is 3.32. The molecule has 0 fully saturated rings. The molecule has 2 heterocycles. The van der Waals surface area contributed by atoms with Crippen molar-refractivity contribution in [3.63, 3.8) is 0 Å². The van der Waals surface area contributed by atoms with Gasteiger partial charge in [-0.2, -0.15) is 0 Å². The van der Waals surface area contributed by atoms with Crippen LogP contribution in [0.3, 0.4) is 0 Å². The number of aromatic nitrogens is 3. The van der Waals surface area contributed by atoms with Crippen LogP contribution in [0.2, 0.25) is 0 Å². The van der Waals surface area contributed by atoms with Crippen LogP contribution in [0.1, 0.15) is 11.1 Å². The van der Waals surface area contributed by atoms with Crippen molar-refractivity contribution in [3.05, 3.63) is 59.8 Å². The molecule has 4 rings (SSSR count). The number of hydrogen-bond acceptors (Lipinski definition) is 9. The number of pyridine rings is 1. The molecule has 0 unspecified atom stereocenters. The maximum atomic E-state index is 13.9. The minimum Gasteiger partial charge on any atom is -0.497 e. The van der Waals surface area contributed by atoms with Crippen molar-refractivity contribution in [2.45, 2.75) is 28.9 Å². The fourth-order valence-electron chi connectivity index (χ4n) is 3.61. The summed E-state index contributed by atoms with van der Waals surface area (Å²) in [5.41, 5.74) is 7.56. The molecule has 2 aromatic heterocycles. The van der Waals surface area contributed by atoms with Crippen LogP contribution in [0.25, 0.3) is 11.0 Å². The molecule has 0 aliphatic rings. The van der Waals surface area contributed by atoms with Gasteiger partial charge in [0.2, 0.25) is 0 Å². The summed E-state index contributed by atoms with van der Waals surface area (Å²) in [7, 11) is -1.03. The number of rotatable bonds is 9. The second-order valence-corrected chi connectivity index (χ2v) is 10.5. The second kappa shape index (κ2) is 10.1. The smallest absolute Gasteiger partial charge is 0.270 e. The number of carbonyl (C=O) groups excluding carboxylic acids is 1. The Hall–Kier alpha value is -3.77. The van der Waals surface area contributed by atoms with E-state index in [1.165, 1.54) is 35.3 Å². The Morgan fingerprint density at radius 1 is 1.06 bits per heavy atom. The number of ether oxygens (including phenoxy) is 3. The lowest BCUT2D eigenvalue weighted by Crippen LogP contribution is -2.20. The summed E-state index contributed by atoms with van der Waals surface area (Å²) in [6.07, 6.45) is 1.67. The van der Waals surface area contributed by atoms with Crippen molar-refractivity contribution in [2.24, 2.45) is 5.73 Å². The van der Waals surface area contributed by atoms with E-state index in [9.17, 15) is 13.2 Å². The van der Waals surface area contributed by atoms with Crippen LogP contribution in [-0.4, -0.2) is 49.1 Å². The highest BCUT2D eigenvalue weighted by molar-refractivity contribution is 8.00. The lowest BCUT2D eigenvalue weighted by atomic mass is 10.2. The van der Waals surface area contributed by atoms with Gasteiger partial charge in [0.15, 0.2) is 11.8 Å². The van der Waals surface area contributed by atoms with Gasteiger partial charge in [-0.3, -0.25) is 4.79 Å². The van der Waals surface area contributed by atoms with Gasteiger partial charge in [-0.1, -0.05) is 0 Å². The molecule has 188 valence electrons. The first kappa shape index (κ1) is 25.3. The predicted molar refractivity (Wildman–Crippen MR) is 134 cm³/mol. The zero-order valence-electron chi connectivity index (χ0n) is 20.0. The van der Waals surface area contributed by atoms with Crippen LogP contribution in [0.5, 0.6) is 17.2 Å². The van der Waals surface area contributed by atoms with Crippen molar-refractivity contribution in [3.8, 4) is 17.2 Å². The van der Waals surface area contributed by atoms with Crippen molar-refractivity contribution >= 4 is 38.7 Å². The normalized spacial score (nSPS) is 11.4. The maximum absolute atomic E-state index is 13.9. The highest BCUT2D eigenvalue weighted by Gasteiger charge is 2.27. The molecule has 0 bridgehead atoms. The summed E-state index contributed by atoms with van der Waals surface area (Å²) in [5.74, 6) is 0.832. The number of nitrogens with two attached hydrogens (primary N) is 1. The van der Waals surface area contributed by atoms with E-state index >= 15 is 0 Å². The van der Waals surface area contributed by atoms with Crippen LogP contribution in [-0.2, 0) is 14.8 Å². The number of hydrogen-bond donors (Lipinski definition) is 1. The minimum atomic E-state index is -4.11. The molecule has 0 aliphatic carbocycles. The first-order valence-corrected chi connectivity index (χ1v) is 12.9. The van der Waals surface area contributed by atoms with Gasteiger partial charge in [-0.25, -0.2) is 22.4 Å². The zero-order chi connectivity index (χ0) is 26.0. The molecule has 0 aliphatic heterocycles. The summed E-state index contributed by atoms with van der Waals surface area (Å²) in [6.45, 7) is 3.43. The Labute approximate surface area is 212 Å². The minimum absolute atomic E-state index is 0.00376. The molecule has 0 spiro atoms. The molecule has 2 N–H and O–H groups in total. The third-order valence-electron chi connectivity index (χ3n) is 5.32. The van der Waals surface area contributed by atoms with Gasteiger partial charge in [0.25, 0.3) is 15.9 Å². The maximum Gasteiger partial charge on any atom is 0.270 e. The first-order valence-electron chi connectivity index (χ1n) is 10.7. The third kappa shape index (κ3) is 4.82. The standard InChI is InChI=1S/C24H24N4O6S2/c1-14-12-26-23(15(2)22(14)33-4)35-24-27-19-10-7-17(32-3)11-20(19)28(24)36(30,31)18-8-5-16(6-9-18)34-13-21(25)29/h5-12H,13H2,1-4H3,(H2,25,29). The highest BCUT2D eigenvalue weighted by Crippen LogP contribution is 2.37. The van der Waals surface area contributed by atoms with E-state index in [1.807, 2.05) is 13.8 Å². The van der Waals surface area contributed by atoms with Crippen LogP contribution in [0.15, 0.2) is 63.7 Å². The van der Waals surface area contributed by atoms with Gasteiger partial charge in [0.05, 0.1) is 30.1 Å². The van der Waals surface area contributed by atoms with Crippen molar-refractivity contribution in [1.29, 1.82) is 0 Å². The number of primary amides is 1. The molecular weight excluding hydrogens is 504 g/mol. The van der Waals surface area contributed by atoms with Gasteiger partial charge < -0.3 is 19.9 Å². The lowest BCUT2D eigenvalue weighted by molar-refractivity contribution is -0.119. The second-order valence-electron chi connectivity index (χ2n) is 7.75. The number of nitrogens with zero attached hydrogens (tertiary/aromatic N) is 3. The SMILES string of the molecule is COc1ccc2nc(Sc3ncc(C)c(OC)c3C)n(S(=O)(=O)c3ccc(OCC(N)=O)cc3)c2c1. The van der Waals surface area contributed by atoms with Crippen molar-refractivity contribution < 1.29 is 27.4 Å². The van der Waals surface area contributed by atoms with Gasteiger partial charge in [0, 0.05) is 23.4 Å². The fourth-order valence-corrected chi connectivity index (χ4v) is 6.21. The van der Waals surface area contributed by atoms with Crippen LogP contribution < -0.4 is 19.9 Å². The van der Waals surface area contributed by atoms with Crippen molar-refractivity contribution in [2.75, 3.05) is 20.8 Å². The van der Waals surface area contributed by atoms with E-state index < -0.39 is 15.9 Å². The molecule has 4 aromatic rings. The average Bonchev–Trinajstić information content (AvgIpc) is 3.23. The molecule has 0 saturated carbocycles. The Kier molecular flexibility index (Phi) is 7.09. The molecule has 12 heteroatoms. The van der Waals surface area contributed by atoms with E-state index in [0.717, 1.165) is 22.9 Å². The summed E-state index contributed by atoms with van der Waals surface area (Å²) < 4.78 is 45.0. The molecule has 36 heavy (non-hydrogen) atoms. The molecule has 10 nitrogen and oxygen atoms in total. The Balaban J connectivity index is 1.85. The van der Waals surface area contributed by atoms with Crippen LogP contribution >= 0.6 is 11.8 Å². The van der Waals surface area contributed by atoms with E-state index in [4.69, 9.17) is 19.9 Å². The number of methoxy groups -OCH3 is 2. The first-order chi connectivity index (χ1) is 17.1. The molecule has 0 radical (unpaired) electrons. The number of fused-ring (bicyclic) bond motifs is 1. The Morgan fingerprint density at radius 3 is 2.39 bits per heavy atom.